The smallest absolute Gasteiger partial charge is 0.410 e. The zero-order valence-electron chi connectivity index (χ0n) is 34.9. The molecule has 3 aliphatic heterocycles. The lowest BCUT2D eigenvalue weighted by atomic mass is 9.93. The van der Waals surface area contributed by atoms with Crippen LogP contribution < -0.4 is 11.2 Å². The van der Waals surface area contributed by atoms with Gasteiger partial charge in [-0.1, -0.05) is 20.8 Å². The Bertz CT molecular complexity index is 3150. The maximum Gasteiger partial charge on any atom is 0.410 e. The van der Waals surface area contributed by atoms with E-state index in [2.05, 4.69) is 14.8 Å². The number of hydrogen-bond donors (Lipinski definition) is 4. The number of esters is 1. The van der Waals surface area contributed by atoms with E-state index in [9.17, 15) is 34.5 Å². The number of H-pyrrole nitrogens is 1. The van der Waals surface area contributed by atoms with Crippen LogP contribution >= 0.6 is 0 Å². The molecule has 16 heteroatoms. The summed E-state index contributed by atoms with van der Waals surface area (Å²) >= 11 is 0. The predicted molar refractivity (Wildman–Crippen MR) is 232 cm³/mol. The van der Waals surface area contributed by atoms with Gasteiger partial charge in [0.2, 0.25) is 6.10 Å². The van der Waals surface area contributed by atoms with E-state index in [0.717, 1.165) is 53.2 Å². The number of carbonyl (C=O) groups is 2. The van der Waals surface area contributed by atoms with Crippen LogP contribution in [0.15, 0.2) is 76.4 Å². The fraction of sp³-hybridized carbons (Fsp3) is 0.319. The Hall–Kier alpha value is -7.36. The molecule has 1 amide bonds. The molecule has 4 aromatic heterocycles. The van der Waals surface area contributed by atoms with Crippen molar-refractivity contribution < 1.29 is 34.4 Å². The second kappa shape index (κ2) is 15.2. The SMILES string of the molecule is CCc1c2c(nc3ccc(O)cc13)-c1cc3c(c(=O)n1C2)COC(=O)C3OC(=O)N1CCC(CCn2ccc3cc(-n4c(-c5cc(C(C)C)c(O)cc5O)n[nH]c4=O)ccc32)CC1. The van der Waals surface area contributed by atoms with Gasteiger partial charge in [-0.05, 0) is 103 Å². The van der Waals surface area contributed by atoms with Crippen molar-refractivity contribution in [1.29, 1.82) is 0 Å². The van der Waals surface area contributed by atoms with E-state index in [4.69, 9.17) is 14.5 Å². The van der Waals surface area contributed by atoms with Crippen molar-refractivity contribution in [2.45, 2.75) is 78.2 Å². The third-order valence-electron chi connectivity index (χ3n) is 13.0. The van der Waals surface area contributed by atoms with Crippen molar-refractivity contribution in [2.75, 3.05) is 13.1 Å². The lowest BCUT2D eigenvalue weighted by molar-refractivity contribution is -0.158. The lowest BCUT2D eigenvalue weighted by Gasteiger charge is -2.33. The minimum absolute atomic E-state index is 0.0269. The monoisotopic (exact) mass is 851 g/mol. The Labute approximate surface area is 359 Å². The van der Waals surface area contributed by atoms with Crippen LogP contribution in [0.4, 0.5) is 4.79 Å². The first-order valence-electron chi connectivity index (χ1n) is 21.2. The van der Waals surface area contributed by atoms with Gasteiger partial charge in [-0.25, -0.2) is 29.0 Å². The van der Waals surface area contributed by atoms with Gasteiger partial charge in [0.05, 0.1) is 40.3 Å². The molecule has 0 bridgehead atoms. The second-order valence-electron chi connectivity index (χ2n) is 16.9. The van der Waals surface area contributed by atoms with Crippen molar-refractivity contribution in [3.8, 4) is 45.7 Å². The Kier molecular flexibility index (Phi) is 9.60. The molecule has 0 radical (unpaired) electrons. The number of aromatic amines is 1. The number of phenols is 3. The van der Waals surface area contributed by atoms with E-state index in [1.165, 1.54) is 10.6 Å². The minimum atomic E-state index is -1.40. The van der Waals surface area contributed by atoms with Crippen LogP contribution in [0.2, 0.25) is 0 Å². The molecule has 1 unspecified atom stereocenters. The third-order valence-corrected chi connectivity index (χ3v) is 13.0. The number of fused-ring (bicyclic) bond motifs is 6. The van der Waals surface area contributed by atoms with Crippen LogP contribution in [0.3, 0.4) is 0 Å². The molecule has 7 heterocycles. The van der Waals surface area contributed by atoms with Gasteiger partial charge in [0.1, 0.15) is 23.9 Å². The van der Waals surface area contributed by atoms with Crippen LogP contribution in [-0.2, 0) is 40.4 Å². The number of rotatable bonds is 8. The highest BCUT2D eigenvalue weighted by atomic mass is 16.6. The van der Waals surface area contributed by atoms with Crippen LogP contribution in [0.5, 0.6) is 17.2 Å². The van der Waals surface area contributed by atoms with Gasteiger partial charge < -0.3 is 38.8 Å². The largest absolute Gasteiger partial charge is 0.508 e. The summed E-state index contributed by atoms with van der Waals surface area (Å²) in [6.07, 6.45) is 2.96. The van der Waals surface area contributed by atoms with Crippen LogP contribution in [-0.4, -0.2) is 74.3 Å². The fourth-order valence-corrected chi connectivity index (χ4v) is 9.57. The number of nitrogens with zero attached hydrogens (tertiary/aromatic N) is 6. The normalized spacial score (nSPS) is 16.1. The molecule has 0 aliphatic carbocycles. The van der Waals surface area contributed by atoms with Crippen LogP contribution in [0.1, 0.15) is 79.9 Å². The Morgan fingerprint density at radius 3 is 2.56 bits per heavy atom. The maximum atomic E-state index is 13.9. The van der Waals surface area contributed by atoms with Crippen LogP contribution in [0, 0.1) is 5.92 Å². The summed E-state index contributed by atoms with van der Waals surface area (Å²) in [6, 6.07) is 17.3. The van der Waals surface area contributed by atoms with Gasteiger partial charge >= 0.3 is 17.8 Å². The number of likely N-dealkylation sites (tertiary alicyclic amines) is 1. The number of hydrogen-bond acceptors (Lipinski definition) is 11. The molecule has 1 atom stereocenters. The van der Waals surface area contributed by atoms with E-state index in [0.29, 0.717) is 64.7 Å². The molecule has 0 spiro atoms. The molecule has 63 heavy (non-hydrogen) atoms. The number of ether oxygens (including phenoxy) is 2. The van der Waals surface area contributed by atoms with E-state index < -0.39 is 23.9 Å². The van der Waals surface area contributed by atoms with Gasteiger partial charge in [0.25, 0.3) is 5.56 Å². The number of cyclic esters (lactones) is 1. The quantitative estimate of drug-likeness (QED) is 0.118. The first-order chi connectivity index (χ1) is 30.4. The number of piperidine rings is 1. The number of pyridine rings is 2. The molecule has 16 nitrogen and oxygen atoms in total. The van der Waals surface area contributed by atoms with E-state index in [1.807, 2.05) is 51.2 Å². The highest BCUT2D eigenvalue weighted by Crippen LogP contribution is 2.41. The topological polar surface area (TPSA) is 207 Å². The molecule has 1 saturated heterocycles. The number of amides is 1. The molecule has 3 aromatic carbocycles. The van der Waals surface area contributed by atoms with Crippen molar-refractivity contribution >= 4 is 33.9 Å². The summed E-state index contributed by atoms with van der Waals surface area (Å²) in [6.45, 7) is 7.55. The number of phenolic OH excluding ortho intramolecular Hbond substituents is 3. The Morgan fingerprint density at radius 1 is 0.968 bits per heavy atom. The highest BCUT2D eigenvalue weighted by Gasteiger charge is 2.39. The molecule has 7 aromatic rings. The molecule has 322 valence electrons. The lowest BCUT2D eigenvalue weighted by Crippen LogP contribution is -2.41. The fourth-order valence-electron chi connectivity index (χ4n) is 9.57. The van der Waals surface area contributed by atoms with Gasteiger partial charge in [-0.15, -0.1) is 0 Å². The van der Waals surface area contributed by atoms with Crippen molar-refractivity contribution in [3.63, 3.8) is 0 Å². The van der Waals surface area contributed by atoms with E-state index in [1.54, 1.807) is 39.8 Å². The summed E-state index contributed by atoms with van der Waals surface area (Å²) in [5.41, 5.74) is 5.99. The highest BCUT2D eigenvalue weighted by molar-refractivity contribution is 5.90. The average Bonchev–Trinajstić information content (AvgIpc) is 3.97. The summed E-state index contributed by atoms with van der Waals surface area (Å²) < 4.78 is 16.5. The number of nitrogens with one attached hydrogen (secondary N) is 1. The Balaban J connectivity index is 0.809. The van der Waals surface area contributed by atoms with Gasteiger partial charge in [0.15, 0.2) is 5.82 Å². The van der Waals surface area contributed by atoms with E-state index in [-0.39, 0.29) is 53.3 Å². The standard InChI is InChI=1S/C47H45N7O9/c1-4-29-31-18-28(55)6-7-36(31)48-41-34(29)22-53-38(41)20-32-35(44(53)58)23-62-45(59)42(32)63-47(61)52-14-10-25(11-15-52)9-13-51-16-12-26-17-27(5-8-37(26)51)54-43(49-50-46(54)60)33-19-30(24(2)3)39(56)21-40(33)57/h5-8,12,16-21,24-25,42,55-57H,4,9-11,13-15,22-23H2,1-3H3,(H,50,60). The zero-order chi connectivity index (χ0) is 43.8. The second-order valence-corrected chi connectivity index (χ2v) is 16.9. The van der Waals surface area contributed by atoms with Gasteiger partial charge in [-0.2, -0.15) is 5.10 Å². The molecule has 1 fully saturated rings. The number of carbonyl (C=O) groups excluding carboxylic acids is 2. The van der Waals surface area contributed by atoms with E-state index >= 15 is 0 Å². The minimum Gasteiger partial charge on any atom is -0.508 e. The first kappa shape index (κ1) is 39.8. The molecular weight excluding hydrogens is 807 g/mol. The molecular formula is C47H45N7O9. The first-order valence-corrected chi connectivity index (χ1v) is 21.2. The average molecular weight is 852 g/mol. The number of aromatic nitrogens is 6. The Morgan fingerprint density at radius 2 is 1.78 bits per heavy atom. The van der Waals surface area contributed by atoms with Gasteiger partial charge in [0, 0.05) is 59.3 Å². The van der Waals surface area contributed by atoms with Gasteiger partial charge in [-0.3, -0.25) is 4.79 Å². The molecule has 3 aliphatic rings. The number of aromatic hydroxyl groups is 3. The van der Waals surface area contributed by atoms with Crippen LogP contribution in [0.25, 0.3) is 50.3 Å². The number of aryl methyl sites for hydroxylation is 2. The third kappa shape index (κ3) is 6.67. The summed E-state index contributed by atoms with van der Waals surface area (Å²) in [5.74, 6) is -0.295. The summed E-state index contributed by atoms with van der Waals surface area (Å²) in [7, 11) is 0. The number of benzene rings is 3. The van der Waals surface area contributed by atoms with Crippen molar-refractivity contribution in [3.05, 3.63) is 116 Å². The summed E-state index contributed by atoms with van der Waals surface area (Å²) in [4.78, 5) is 60.3. The maximum absolute atomic E-state index is 13.9. The molecule has 10 rings (SSSR count). The van der Waals surface area contributed by atoms with Crippen molar-refractivity contribution in [2.24, 2.45) is 5.92 Å². The molecule has 0 saturated carbocycles. The van der Waals surface area contributed by atoms with Crippen molar-refractivity contribution in [1.82, 2.24) is 33.8 Å². The predicted octanol–water partition coefficient (Wildman–Crippen LogP) is 6.76. The molecule has 4 N–H and O–H groups in total. The summed E-state index contributed by atoms with van der Waals surface area (Å²) in [5, 5.41) is 39.7. The zero-order valence-corrected chi connectivity index (χ0v) is 34.9.